The van der Waals surface area contributed by atoms with Gasteiger partial charge in [-0.2, -0.15) is 13.2 Å². The molecule has 0 unspecified atom stereocenters. The van der Waals surface area contributed by atoms with Gasteiger partial charge in [0.25, 0.3) is 0 Å². The fourth-order valence-electron chi connectivity index (χ4n) is 1.94. The number of hydrogen-bond acceptors (Lipinski definition) is 3. The largest absolute Gasteiger partial charge is 0.417 e. The second kappa shape index (κ2) is 4.70. The third-order valence-electron chi connectivity index (χ3n) is 3.06. The van der Waals surface area contributed by atoms with Crippen LogP contribution in [0.25, 0.3) is 11.3 Å². The summed E-state index contributed by atoms with van der Waals surface area (Å²) < 4.78 is 39.0. The Hall–Kier alpha value is -1.69. The molecule has 0 saturated heterocycles. The summed E-state index contributed by atoms with van der Waals surface area (Å²) in [6.45, 7) is 0. The van der Waals surface area contributed by atoms with Gasteiger partial charge in [-0.1, -0.05) is 11.6 Å². The predicted molar refractivity (Wildman–Crippen MR) is 67.3 cm³/mol. The maximum Gasteiger partial charge on any atom is 0.417 e. The lowest BCUT2D eigenvalue weighted by Gasteiger charge is -2.12. The smallest absolute Gasteiger partial charge is 0.264 e. The molecule has 2 aromatic rings. The zero-order chi connectivity index (χ0) is 14.3. The van der Waals surface area contributed by atoms with Crippen LogP contribution in [0.15, 0.2) is 24.5 Å². The van der Waals surface area contributed by atoms with Crippen LogP contribution >= 0.6 is 11.6 Å². The lowest BCUT2D eigenvalue weighted by molar-refractivity contribution is -0.137. The van der Waals surface area contributed by atoms with Gasteiger partial charge in [-0.15, -0.1) is 0 Å². The highest BCUT2D eigenvalue weighted by molar-refractivity contribution is 6.29. The zero-order valence-electron chi connectivity index (χ0n) is 10.2. The minimum Gasteiger partial charge on any atom is -0.264 e. The topological polar surface area (TPSA) is 38.7 Å². The molecule has 1 saturated carbocycles. The van der Waals surface area contributed by atoms with Crippen molar-refractivity contribution in [3.8, 4) is 11.3 Å². The van der Waals surface area contributed by atoms with E-state index in [1.807, 2.05) is 0 Å². The molecular formula is C13H9ClF3N3. The second-order valence-corrected chi connectivity index (χ2v) is 5.01. The number of hydrogen-bond donors (Lipinski definition) is 0. The molecule has 0 radical (unpaired) electrons. The maximum atomic E-state index is 13.0. The second-order valence-electron chi connectivity index (χ2n) is 4.63. The molecule has 0 spiro atoms. The van der Waals surface area contributed by atoms with Crippen molar-refractivity contribution in [1.29, 1.82) is 0 Å². The summed E-state index contributed by atoms with van der Waals surface area (Å²) in [5.41, 5.74) is -0.692. The molecule has 2 aromatic heterocycles. The van der Waals surface area contributed by atoms with E-state index in [-0.39, 0.29) is 22.3 Å². The summed E-state index contributed by atoms with van der Waals surface area (Å²) in [5, 5.41) is 0.147. The van der Waals surface area contributed by atoms with E-state index >= 15 is 0 Å². The van der Waals surface area contributed by atoms with E-state index in [4.69, 9.17) is 11.6 Å². The summed E-state index contributed by atoms with van der Waals surface area (Å²) >= 11 is 5.89. The molecule has 3 nitrogen and oxygen atoms in total. The summed E-state index contributed by atoms with van der Waals surface area (Å²) in [6.07, 6.45) is -0.317. The normalized spacial score (nSPS) is 15.4. The lowest BCUT2D eigenvalue weighted by Crippen LogP contribution is -2.08. The van der Waals surface area contributed by atoms with Crippen molar-refractivity contribution < 1.29 is 13.2 Å². The summed E-state index contributed by atoms with van der Waals surface area (Å²) in [4.78, 5) is 12.0. The molecular weight excluding hydrogens is 291 g/mol. The molecule has 0 atom stereocenters. The van der Waals surface area contributed by atoms with Crippen molar-refractivity contribution in [1.82, 2.24) is 15.0 Å². The first-order chi connectivity index (χ1) is 9.45. The number of rotatable bonds is 2. The van der Waals surface area contributed by atoms with E-state index in [2.05, 4.69) is 15.0 Å². The van der Waals surface area contributed by atoms with Crippen LogP contribution in [0.5, 0.6) is 0 Å². The lowest BCUT2D eigenvalue weighted by atomic mass is 10.1. The molecule has 0 amide bonds. The van der Waals surface area contributed by atoms with E-state index in [0.29, 0.717) is 5.82 Å². The fraction of sp³-hybridized carbons (Fsp3) is 0.308. The van der Waals surface area contributed by atoms with Crippen LogP contribution in [-0.4, -0.2) is 15.0 Å². The van der Waals surface area contributed by atoms with Crippen LogP contribution in [0.4, 0.5) is 13.2 Å². The van der Waals surface area contributed by atoms with Gasteiger partial charge in [0.15, 0.2) is 0 Å². The molecule has 0 aromatic carbocycles. The van der Waals surface area contributed by atoms with E-state index in [9.17, 15) is 13.2 Å². The summed E-state index contributed by atoms with van der Waals surface area (Å²) in [6, 6.07) is 2.27. The van der Waals surface area contributed by atoms with Crippen molar-refractivity contribution in [2.75, 3.05) is 0 Å². The summed E-state index contributed by atoms with van der Waals surface area (Å²) in [7, 11) is 0. The van der Waals surface area contributed by atoms with Crippen molar-refractivity contribution in [2.45, 2.75) is 24.9 Å². The molecule has 1 aliphatic carbocycles. The molecule has 7 heteroatoms. The van der Waals surface area contributed by atoms with Gasteiger partial charge in [0, 0.05) is 29.9 Å². The highest BCUT2D eigenvalue weighted by Gasteiger charge is 2.34. The van der Waals surface area contributed by atoms with E-state index in [0.717, 1.165) is 31.3 Å². The van der Waals surface area contributed by atoms with Gasteiger partial charge in [0.05, 0.1) is 11.3 Å². The Balaban J connectivity index is 2.13. The zero-order valence-corrected chi connectivity index (χ0v) is 10.9. The van der Waals surface area contributed by atoms with Crippen LogP contribution in [0.3, 0.4) is 0 Å². The quantitative estimate of drug-likeness (QED) is 0.784. The number of nitrogens with zero attached hydrogens (tertiary/aromatic N) is 3. The van der Waals surface area contributed by atoms with E-state index in [1.165, 1.54) is 6.07 Å². The molecule has 0 aliphatic heterocycles. The minimum absolute atomic E-state index is 0.0776. The number of alkyl halides is 3. The van der Waals surface area contributed by atoms with Gasteiger partial charge in [-0.05, 0) is 18.9 Å². The van der Waals surface area contributed by atoms with Crippen LogP contribution in [-0.2, 0) is 6.18 Å². The van der Waals surface area contributed by atoms with Crippen LogP contribution in [0, 0.1) is 0 Å². The molecule has 1 aliphatic rings. The van der Waals surface area contributed by atoms with Gasteiger partial charge >= 0.3 is 6.18 Å². The van der Waals surface area contributed by atoms with Gasteiger partial charge in [0.1, 0.15) is 11.0 Å². The van der Waals surface area contributed by atoms with Crippen molar-refractivity contribution in [3.05, 3.63) is 41.1 Å². The van der Waals surface area contributed by atoms with Crippen molar-refractivity contribution in [3.63, 3.8) is 0 Å². The SMILES string of the molecule is FC(F)(F)c1ccncc1-c1cc(Cl)nc(C2CC2)n1. The maximum absolute atomic E-state index is 13.0. The van der Waals surface area contributed by atoms with E-state index in [1.54, 1.807) is 0 Å². The van der Waals surface area contributed by atoms with Crippen LogP contribution in [0.2, 0.25) is 5.15 Å². The Kier molecular flexibility index (Phi) is 3.12. The average molecular weight is 300 g/mol. The standard InChI is InChI=1S/C13H9ClF3N3/c14-11-5-10(19-12(20-11)7-1-2-7)8-6-18-4-3-9(8)13(15,16)17/h3-7H,1-2H2. The van der Waals surface area contributed by atoms with Crippen molar-refractivity contribution in [2.24, 2.45) is 0 Å². The predicted octanol–water partition coefficient (Wildman–Crippen LogP) is 4.09. The van der Waals surface area contributed by atoms with Crippen LogP contribution < -0.4 is 0 Å². The van der Waals surface area contributed by atoms with Crippen LogP contribution in [0.1, 0.15) is 30.1 Å². The Morgan fingerprint density at radius 3 is 2.60 bits per heavy atom. The molecule has 3 rings (SSSR count). The molecule has 2 heterocycles. The Morgan fingerprint density at radius 1 is 1.20 bits per heavy atom. The highest BCUT2D eigenvalue weighted by atomic mass is 35.5. The first-order valence-corrected chi connectivity index (χ1v) is 6.39. The Labute approximate surface area is 117 Å². The average Bonchev–Trinajstić information content (AvgIpc) is 3.21. The minimum atomic E-state index is -4.46. The highest BCUT2D eigenvalue weighted by Crippen LogP contribution is 2.40. The summed E-state index contributed by atoms with van der Waals surface area (Å²) in [5.74, 6) is 0.711. The molecule has 20 heavy (non-hydrogen) atoms. The fourth-order valence-corrected chi connectivity index (χ4v) is 2.13. The first kappa shape index (κ1) is 13.3. The monoisotopic (exact) mass is 299 g/mol. The molecule has 0 N–H and O–H groups in total. The first-order valence-electron chi connectivity index (χ1n) is 6.01. The Bertz CT molecular complexity index is 654. The van der Waals surface area contributed by atoms with Crippen molar-refractivity contribution >= 4 is 11.6 Å². The number of halogens is 4. The van der Waals surface area contributed by atoms with E-state index < -0.39 is 11.7 Å². The Morgan fingerprint density at radius 2 is 1.95 bits per heavy atom. The molecule has 0 bridgehead atoms. The number of pyridine rings is 1. The van der Waals surface area contributed by atoms with Gasteiger partial charge in [-0.3, -0.25) is 4.98 Å². The molecule has 104 valence electrons. The van der Waals surface area contributed by atoms with Gasteiger partial charge < -0.3 is 0 Å². The number of aromatic nitrogens is 3. The molecule has 1 fully saturated rings. The third kappa shape index (κ3) is 2.60. The van der Waals surface area contributed by atoms with Gasteiger partial charge in [0.2, 0.25) is 0 Å². The van der Waals surface area contributed by atoms with Gasteiger partial charge in [-0.25, -0.2) is 9.97 Å². The third-order valence-corrected chi connectivity index (χ3v) is 3.25.